The van der Waals surface area contributed by atoms with Crippen LogP contribution in [0.5, 0.6) is 5.75 Å². The molecule has 0 spiro atoms. The summed E-state index contributed by atoms with van der Waals surface area (Å²) in [5, 5.41) is 12.9. The summed E-state index contributed by atoms with van der Waals surface area (Å²) in [6.45, 7) is 0.977. The molecule has 1 aliphatic heterocycles. The van der Waals surface area contributed by atoms with E-state index in [2.05, 4.69) is 27.7 Å². The quantitative estimate of drug-likeness (QED) is 0.669. The van der Waals surface area contributed by atoms with Crippen molar-refractivity contribution in [3.8, 4) is 5.75 Å². The summed E-state index contributed by atoms with van der Waals surface area (Å²) in [5.41, 5.74) is 0. The third kappa shape index (κ3) is 2.57. The molecule has 2 heterocycles. The minimum absolute atomic E-state index is 0.0528. The second-order valence-corrected chi connectivity index (χ2v) is 4.27. The van der Waals surface area contributed by atoms with Crippen molar-refractivity contribution in [1.29, 1.82) is 0 Å². The fraction of sp³-hybridized carbons (Fsp3) is 0.556. The van der Waals surface area contributed by atoms with Gasteiger partial charge in [0.15, 0.2) is 5.75 Å². The summed E-state index contributed by atoms with van der Waals surface area (Å²) in [6, 6.07) is 0. The normalized spacial score (nSPS) is 20.1. The van der Waals surface area contributed by atoms with Crippen LogP contribution in [0.3, 0.4) is 0 Å². The molecule has 1 amide bonds. The van der Waals surface area contributed by atoms with Gasteiger partial charge in [0.1, 0.15) is 6.10 Å². The van der Waals surface area contributed by atoms with Gasteiger partial charge in [-0.25, -0.2) is 4.79 Å². The van der Waals surface area contributed by atoms with Crippen molar-refractivity contribution in [3.05, 3.63) is 12.4 Å². The Morgan fingerprint density at radius 1 is 1.75 bits per heavy atom. The van der Waals surface area contributed by atoms with Crippen LogP contribution in [-0.4, -0.2) is 45.1 Å². The number of alkyl halides is 1. The van der Waals surface area contributed by atoms with Gasteiger partial charge < -0.3 is 14.7 Å². The van der Waals surface area contributed by atoms with Crippen molar-refractivity contribution in [2.75, 3.05) is 13.1 Å². The Balaban J connectivity index is 1.89. The molecule has 1 aromatic rings. The van der Waals surface area contributed by atoms with Crippen LogP contribution in [-0.2, 0) is 4.55 Å². The fourth-order valence-corrected chi connectivity index (χ4v) is 2.03. The minimum Gasteiger partial charge on any atom is -0.485 e. The van der Waals surface area contributed by atoms with E-state index in [1.54, 1.807) is 10.9 Å². The highest BCUT2D eigenvalue weighted by molar-refractivity contribution is 14.1. The van der Waals surface area contributed by atoms with Crippen molar-refractivity contribution in [2.45, 2.75) is 17.1 Å². The zero-order chi connectivity index (χ0) is 11.5. The van der Waals surface area contributed by atoms with E-state index in [0.29, 0.717) is 18.8 Å². The number of hydrogen-bond donors (Lipinski definition) is 1. The van der Waals surface area contributed by atoms with Crippen molar-refractivity contribution in [1.82, 2.24) is 14.7 Å². The van der Waals surface area contributed by atoms with E-state index < -0.39 is 6.09 Å². The average Bonchev–Trinajstić information content (AvgIpc) is 2.87. The fourth-order valence-electron chi connectivity index (χ4n) is 1.66. The van der Waals surface area contributed by atoms with Gasteiger partial charge in [0, 0.05) is 13.0 Å². The number of carboxylic acid groups (broad SMARTS) is 1. The van der Waals surface area contributed by atoms with E-state index in [0.717, 1.165) is 11.0 Å². The molecule has 6 nitrogen and oxygen atoms in total. The Labute approximate surface area is 106 Å². The number of rotatable bonds is 3. The number of nitrogens with zero attached hydrogens (tertiary/aromatic N) is 3. The highest BCUT2D eigenvalue weighted by Crippen LogP contribution is 2.18. The molecular weight excluding hydrogens is 325 g/mol. The summed E-state index contributed by atoms with van der Waals surface area (Å²) in [7, 11) is 0. The standard InChI is InChI=1S/C9H12IN3O3/c10-6-13-5-8(3-11-13)16-7-1-2-12(4-7)9(14)15/h3,5,7H,1-2,4,6H2,(H,14,15). The summed E-state index contributed by atoms with van der Waals surface area (Å²) in [4.78, 5) is 12.1. The second kappa shape index (κ2) is 4.89. The van der Waals surface area contributed by atoms with Crippen molar-refractivity contribution < 1.29 is 14.6 Å². The maximum atomic E-state index is 10.7. The van der Waals surface area contributed by atoms with Gasteiger partial charge in [0.25, 0.3) is 0 Å². The van der Waals surface area contributed by atoms with Gasteiger partial charge in [0.05, 0.1) is 23.5 Å². The number of likely N-dealkylation sites (tertiary alicyclic amines) is 1. The van der Waals surface area contributed by atoms with Crippen LogP contribution in [0.4, 0.5) is 4.79 Å². The monoisotopic (exact) mass is 337 g/mol. The molecule has 1 fully saturated rings. The Kier molecular flexibility index (Phi) is 3.52. The summed E-state index contributed by atoms with van der Waals surface area (Å²) in [5.74, 6) is 0.703. The molecule has 7 heteroatoms. The molecule has 0 aliphatic carbocycles. The maximum Gasteiger partial charge on any atom is 0.407 e. The molecule has 1 aromatic heterocycles. The Morgan fingerprint density at radius 3 is 3.12 bits per heavy atom. The Morgan fingerprint density at radius 2 is 2.56 bits per heavy atom. The molecular formula is C9H12IN3O3. The minimum atomic E-state index is -0.881. The van der Waals surface area contributed by atoms with Crippen LogP contribution in [0, 0.1) is 0 Å². The number of hydrogen-bond acceptors (Lipinski definition) is 3. The van der Waals surface area contributed by atoms with E-state index in [1.807, 2.05) is 6.20 Å². The van der Waals surface area contributed by atoms with Gasteiger partial charge in [-0.1, -0.05) is 22.6 Å². The summed E-state index contributed by atoms with van der Waals surface area (Å²) >= 11 is 2.20. The molecule has 0 bridgehead atoms. The number of aromatic nitrogens is 2. The smallest absolute Gasteiger partial charge is 0.407 e. The topological polar surface area (TPSA) is 67.6 Å². The molecule has 0 aromatic carbocycles. The molecule has 88 valence electrons. The van der Waals surface area contributed by atoms with Gasteiger partial charge in [-0.05, 0) is 0 Å². The Bertz CT molecular complexity index is 382. The van der Waals surface area contributed by atoms with Crippen LogP contribution >= 0.6 is 22.6 Å². The van der Waals surface area contributed by atoms with Gasteiger partial charge in [-0.2, -0.15) is 5.10 Å². The molecule has 2 rings (SSSR count). The zero-order valence-corrected chi connectivity index (χ0v) is 10.7. The number of amides is 1. The number of ether oxygens (including phenoxy) is 1. The van der Waals surface area contributed by atoms with Crippen LogP contribution in [0.25, 0.3) is 0 Å². The predicted molar refractivity (Wildman–Crippen MR) is 64.9 cm³/mol. The summed E-state index contributed by atoms with van der Waals surface area (Å²) in [6.07, 6.45) is 3.27. The SMILES string of the molecule is O=C(O)N1CCC(Oc2cnn(CI)c2)C1. The lowest BCUT2D eigenvalue weighted by Gasteiger charge is -2.12. The first-order valence-corrected chi connectivity index (χ1v) is 6.44. The number of carbonyl (C=O) groups is 1. The van der Waals surface area contributed by atoms with Crippen LogP contribution in [0.15, 0.2) is 12.4 Å². The van der Waals surface area contributed by atoms with Crippen LogP contribution < -0.4 is 4.74 Å². The second-order valence-electron chi connectivity index (χ2n) is 3.59. The lowest BCUT2D eigenvalue weighted by molar-refractivity contribution is 0.145. The maximum absolute atomic E-state index is 10.7. The average molecular weight is 337 g/mol. The molecule has 1 unspecified atom stereocenters. The lowest BCUT2D eigenvalue weighted by atomic mass is 10.3. The molecule has 0 saturated carbocycles. The molecule has 1 saturated heterocycles. The molecule has 0 radical (unpaired) electrons. The first-order valence-electron chi connectivity index (χ1n) is 4.92. The van der Waals surface area contributed by atoms with Gasteiger partial charge >= 0.3 is 6.09 Å². The first-order chi connectivity index (χ1) is 7.69. The highest BCUT2D eigenvalue weighted by Gasteiger charge is 2.27. The van der Waals surface area contributed by atoms with E-state index in [9.17, 15) is 4.79 Å². The summed E-state index contributed by atoms with van der Waals surface area (Å²) < 4.78 is 8.18. The molecule has 1 atom stereocenters. The van der Waals surface area contributed by atoms with E-state index in [4.69, 9.17) is 9.84 Å². The highest BCUT2D eigenvalue weighted by atomic mass is 127. The molecule has 1 aliphatic rings. The third-order valence-electron chi connectivity index (χ3n) is 2.45. The molecule has 1 N–H and O–H groups in total. The van der Waals surface area contributed by atoms with E-state index in [1.165, 1.54) is 4.90 Å². The van der Waals surface area contributed by atoms with Crippen LogP contribution in [0.1, 0.15) is 6.42 Å². The van der Waals surface area contributed by atoms with Gasteiger partial charge in [0.2, 0.25) is 0 Å². The lowest BCUT2D eigenvalue weighted by Crippen LogP contribution is -2.29. The van der Waals surface area contributed by atoms with Crippen LogP contribution in [0.2, 0.25) is 0 Å². The largest absolute Gasteiger partial charge is 0.485 e. The number of halogens is 1. The van der Waals surface area contributed by atoms with E-state index >= 15 is 0 Å². The van der Waals surface area contributed by atoms with Crippen molar-refractivity contribution in [2.24, 2.45) is 0 Å². The van der Waals surface area contributed by atoms with E-state index in [-0.39, 0.29) is 6.10 Å². The first kappa shape index (κ1) is 11.5. The van der Waals surface area contributed by atoms with Gasteiger partial charge in [-0.15, -0.1) is 0 Å². The van der Waals surface area contributed by atoms with Crippen molar-refractivity contribution in [3.63, 3.8) is 0 Å². The van der Waals surface area contributed by atoms with Crippen molar-refractivity contribution >= 4 is 28.7 Å². The zero-order valence-electron chi connectivity index (χ0n) is 8.54. The third-order valence-corrected chi connectivity index (χ3v) is 3.15. The molecule has 16 heavy (non-hydrogen) atoms. The Hall–Kier alpha value is -0.990. The van der Waals surface area contributed by atoms with Gasteiger partial charge in [-0.3, -0.25) is 4.68 Å². The predicted octanol–water partition coefficient (Wildman–Crippen LogP) is 1.41.